The maximum Gasteiger partial charge on any atom is 0.123 e. The molecule has 1 aromatic carbocycles. The van der Waals surface area contributed by atoms with E-state index in [-0.39, 0.29) is 12.1 Å². The second kappa shape index (κ2) is 7.11. The molecular weight excluding hydrogens is 268 g/mol. The van der Waals surface area contributed by atoms with Gasteiger partial charge in [0.25, 0.3) is 0 Å². The Labute approximate surface area is 127 Å². The minimum atomic E-state index is 0.0939. The lowest BCUT2D eigenvalue weighted by Gasteiger charge is -2.42. The Morgan fingerprint density at radius 3 is 2.71 bits per heavy atom. The zero-order chi connectivity index (χ0) is 15.4. The fraction of sp³-hybridized carbons (Fsp3) is 0.625. The molecule has 0 radical (unpaired) electrons. The van der Waals surface area contributed by atoms with Crippen molar-refractivity contribution in [3.05, 3.63) is 23.8 Å². The van der Waals surface area contributed by atoms with Gasteiger partial charge >= 0.3 is 0 Å². The van der Waals surface area contributed by atoms with E-state index in [1.807, 2.05) is 18.2 Å². The molecule has 1 fully saturated rings. The van der Waals surface area contributed by atoms with Gasteiger partial charge in [0.05, 0.1) is 33.0 Å². The van der Waals surface area contributed by atoms with Crippen molar-refractivity contribution in [1.29, 1.82) is 0 Å². The van der Waals surface area contributed by atoms with Crippen LogP contribution in [0.25, 0.3) is 0 Å². The fourth-order valence-electron chi connectivity index (χ4n) is 2.90. The van der Waals surface area contributed by atoms with Gasteiger partial charge in [0.2, 0.25) is 0 Å². The van der Waals surface area contributed by atoms with Gasteiger partial charge in [0, 0.05) is 24.7 Å². The van der Waals surface area contributed by atoms with Crippen LogP contribution in [0, 0.1) is 0 Å². The maximum absolute atomic E-state index is 6.08. The van der Waals surface area contributed by atoms with E-state index in [0.717, 1.165) is 30.2 Å². The highest BCUT2D eigenvalue weighted by molar-refractivity contribution is 5.42. The standard InChI is InChI=1S/C16H26N2O3/c1-11-10-21-12(2)9-18(11)15(8-17)14-7-13(19-3)5-6-16(14)20-4/h5-7,11-12,15H,8-10,17H2,1-4H3. The zero-order valence-electron chi connectivity index (χ0n) is 13.3. The van der Waals surface area contributed by atoms with Crippen LogP contribution in [0.5, 0.6) is 11.5 Å². The molecule has 2 rings (SSSR count). The number of benzene rings is 1. The molecule has 0 bridgehead atoms. The van der Waals surface area contributed by atoms with Gasteiger partial charge in [-0.05, 0) is 32.0 Å². The Bertz CT molecular complexity index is 467. The topological polar surface area (TPSA) is 57.0 Å². The summed E-state index contributed by atoms with van der Waals surface area (Å²) in [5.41, 5.74) is 7.15. The van der Waals surface area contributed by atoms with Crippen molar-refractivity contribution in [1.82, 2.24) is 4.90 Å². The van der Waals surface area contributed by atoms with E-state index >= 15 is 0 Å². The first-order valence-corrected chi connectivity index (χ1v) is 7.40. The van der Waals surface area contributed by atoms with Crippen molar-refractivity contribution < 1.29 is 14.2 Å². The largest absolute Gasteiger partial charge is 0.497 e. The summed E-state index contributed by atoms with van der Waals surface area (Å²) in [6.07, 6.45) is 0.215. The highest BCUT2D eigenvalue weighted by Crippen LogP contribution is 2.34. The van der Waals surface area contributed by atoms with Crippen LogP contribution in [0.15, 0.2) is 18.2 Å². The van der Waals surface area contributed by atoms with Crippen LogP contribution in [0.2, 0.25) is 0 Å². The Morgan fingerprint density at radius 1 is 1.33 bits per heavy atom. The summed E-state index contributed by atoms with van der Waals surface area (Å²) in [5, 5.41) is 0. The first-order valence-electron chi connectivity index (χ1n) is 7.40. The first kappa shape index (κ1) is 16.1. The molecule has 1 aliphatic rings. The molecule has 0 spiro atoms. The Morgan fingerprint density at radius 2 is 2.10 bits per heavy atom. The molecule has 3 atom stereocenters. The molecule has 5 nitrogen and oxygen atoms in total. The minimum Gasteiger partial charge on any atom is -0.497 e. The lowest BCUT2D eigenvalue weighted by Crippen LogP contribution is -2.50. The van der Waals surface area contributed by atoms with Crippen LogP contribution < -0.4 is 15.2 Å². The van der Waals surface area contributed by atoms with Crippen LogP contribution in [0.4, 0.5) is 0 Å². The smallest absolute Gasteiger partial charge is 0.123 e. The van der Waals surface area contributed by atoms with Crippen molar-refractivity contribution in [2.45, 2.75) is 32.0 Å². The van der Waals surface area contributed by atoms with E-state index in [2.05, 4.69) is 18.7 Å². The molecular formula is C16H26N2O3. The molecule has 118 valence electrons. The number of hydrogen-bond donors (Lipinski definition) is 1. The van der Waals surface area contributed by atoms with E-state index in [1.165, 1.54) is 0 Å². The summed E-state index contributed by atoms with van der Waals surface area (Å²) in [4.78, 5) is 2.39. The highest BCUT2D eigenvalue weighted by Gasteiger charge is 2.31. The number of rotatable bonds is 5. The van der Waals surface area contributed by atoms with Gasteiger partial charge < -0.3 is 19.9 Å². The van der Waals surface area contributed by atoms with Gasteiger partial charge in [-0.1, -0.05) is 0 Å². The van der Waals surface area contributed by atoms with E-state index in [1.54, 1.807) is 14.2 Å². The Kier molecular flexibility index (Phi) is 5.45. The van der Waals surface area contributed by atoms with Gasteiger partial charge in [0.1, 0.15) is 11.5 Å². The molecule has 1 aromatic rings. The van der Waals surface area contributed by atoms with Gasteiger partial charge in [-0.25, -0.2) is 0 Å². The van der Waals surface area contributed by atoms with E-state index < -0.39 is 0 Å². The third kappa shape index (κ3) is 3.48. The number of nitrogens with two attached hydrogens (primary N) is 1. The van der Waals surface area contributed by atoms with Crippen molar-refractivity contribution >= 4 is 0 Å². The normalized spacial score (nSPS) is 24.6. The lowest BCUT2D eigenvalue weighted by molar-refractivity contribution is -0.0656. The summed E-state index contributed by atoms with van der Waals surface area (Å²) >= 11 is 0. The van der Waals surface area contributed by atoms with Crippen molar-refractivity contribution in [3.8, 4) is 11.5 Å². The van der Waals surface area contributed by atoms with Crippen molar-refractivity contribution in [2.75, 3.05) is 33.9 Å². The van der Waals surface area contributed by atoms with Crippen LogP contribution >= 0.6 is 0 Å². The predicted octanol–water partition coefficient (Wildman–Crippen LogP) is 1.81. The quantitative estimate of drug-likeness (QED) is 0.897. The average molecular weight is 294 g/mol. The number of nitrogens with zero attached hydrogens (tertiary/aromatic N) is 1. The average Bonchev–Trinajstić information content (AvgIpc) is 2.51. The summed E-state index contributed by atoms with van der Waals surface area (Å²) in [6, 6.07) is 6.28. The van der Waals surface area contributed by atoms with Crippen LogP contribution in [0.3, 0.4) is 0 Å². The summed E-state index contributed by atoms with van der Waals surface area (Å²) < 4.78 is 16.6. The van der Waals surface area contributed by atoms with Gasteiger partial charge in [0.15, 0.2) is 0 Å². The van der Waals surface area contributed by atoms with Gasteiger partial charge in [-0.3, -0.25) is 4.90 Å². The third-order valence-corrected chi connectivity index (χ3v) is 4.08. The second-order valence-electron chi connectivity index (χ2n) is 5.55. The Balaban J connectivity index is 2.35. The minimum absolute atomic E-state index is 0.0939. The SMILES string of the molecule is COc1ccc(OC)c(C(CN)N2CC(C)OCC2C)c1. The molecule has 0 amide bonds. The van der Waals surface area contributed by atoms with Crippen LogP contribution in [-0.2, 0) is 4.74 Å². The zero-order valence-corrected chi connectivity index (χ0v) is 13.3. The van der Waals surface area contributed by atoms with Gasteiger partial charge in [-0.2, -0.15) is 0 Å². The second-order valence-corrected chi connectivity index (χ2v) is 5.55. The molecule has 21 heavy (non-hydrogen) atoms. The number of methoxy groups -OCH3 is 2. The monoisotopic (exact) mass is 294 g/mol. The molecule has 1 aliphatic heterocycles. The molecule has 0 saturated carbocycles. The van der Waals surface area contributed by atoms with E-state index in [9.17, 15) is 0 Å². The molecule has 3 unspecified atom stereocenters. The van der Waals surface area contributed by atoms with Crippen LogP contribution in [0.1, 0.15) is 25.5 Å². The number of ether oxygens (including phenoxy) is 3. The van der Waals surface area contributed by atoms with E-state index in [4.69, 9.17) is 19.9 Å². The highest BCUT2D eigenvalue weighted by atomic mass is 16.5. The van der Waals surface area contributed by atoms with Crippen molar-refractivity contribution in [2.24, 2.45) is 5.73 Å². The summed E-state index contributed by atoms with van der Waals surface area (Å²) in [7, 11) is 3.35. The lowest BCUT2D eigenvalue weighted by atomic mass is 10.0. The molecule has 5 heteroatoms. The molecule has 1 heterocycles. The van der Waals surface area contributed by atoms with Crippen molar-refractivity contribution in [3.63, 3.8) is 0 Å². The molecule has 1 saturated heterocycles. The molecule has 2 N–H and O–H groups in total. The molecule has 0 aliphatic carbocycles. The third-order valence-electron chi connectivity index (χ3n) is 4.08. The van der Waals surface area contributed by atoms with Gasteiger partial charge in [-0.15, -0.1) is 0 Å². The predicted molar refractivity (Wildman–Crippen MR) is 82.9 cm³/mol. The summed E-state index contributed by atoms with van der Waals surface area (Å²) in [6.45, 7) is 6.38. The fourth-order valence-corrected chi connectivity index (χ4v) is 2.90. The first-order chi connectivity index (χ1) is 10.1. The molecule has 0 aromatic heterocycles. The maximum atomic E-state index is 6.08. The summed E-state index contributed by atoms with van der Waals surface area (Å²) in [5.74, 6) is 1.66. The Hall–Kier alpha value is -1.30. The number of hydrogen-bond acceptors (Lipinski definition) is 5. The van der Waals surface area contributed by atoms with E-state index in [0.29, 0.717) is 12.6 Å². The number of morpholine rings is 1. The van der Waals surface area contributed by atoms with Crippen LogP contribution in [-0.4, -0.2) is 51.0 Å².